The third kappa shape index (κ3) is 2.63. The van der Waals surface area contributed by atoms with Crippen LogP contribution in [0.25, 0.3) is 10.9 Å². The number of halogens is 1. The maximum Gasteiger partial charge on any atom is 0.231 e. The molecule has 4 rings (SSSR count). The summed E-state index contributed by atoms with van der Waals surface area (Å²) in [4.78, 5) is 4.73. The first kappa shape index (κ1) is 13.8. The molecule has 0 spiro atoms. The smallest absolute Gasteiger partial charge is 0.231 e. The van der Waals surface area contributed by atoms with E-state index >= 15 is 0 Å². The van der Waals surface area contributed by atoms with E-state index in [1.165, 1.54) is 14.5 Å². The fourth-order valence-corrected chi connectivity index (χ4v) is 3.37. The van der Waals surface area contributed by atoms with Crippen molar-refractivity contribution >= 4 is 33.5 Å². The van der Waals surface area contributed by atoms with E-state index in [2.05, 4.69) is 52.9 Å². The standard InChI is InChI=1S/C18H14INO2/c19-15-10-18-17(21-11-22-18)9-13(15)6-8-14-7-5-12-3-1-2-4-16(12)20-14/h1-5,7,9-10H,6,8,11H2. The van der Waals surface area contributed by atoms with Gasteiger partial charge in [0, 0.05) is 14.7 Å². The number of pyridine rings is 1. The molecule has 3 aromatic rings. The van der Waals surface area contributed by atoms with Gasteiger partial charge in [0.05, 0.1) is 5.52 Å². The van der Waals surface area contributed by atoms with Crippen molar-refractivity contribution < 1.29 is 9.47 Å². The number of para-hydroxylation sites is 1. The number of nitrogens with zero attached hydrogens (tertiary/aromatic N) is 1. The van der Waals surface area contributed by atoms with Gasteiger partial charge < -0.3 is 9.47 Å². The summed E-state index contributed by atoms with van der Waals surface area (Å²) in [7, 11) is 0. The molecule has 1 aliphatic heterocycles. The van der Waals surface area contributed by atoms with Gasteiger partial charge in [-0.1, -0.05) is 24.3 Å². The summed E-state index contributed by atoms with van der Waals surface area (Å²) in [6.07, 6.45) is 1.86. The molecule has 2 aromatic carbocycles. The van der Waals surface area contributed by atoms with E-state index in [9.17, 15) is 0 Å². The molecule has 0 amide bonds. The molecule has 0 saturated heterocycles. The Labute approximate surface area is 142 Å². The largest absolute Gasteiger partial charge is 0.454 e. The van der Waals surface area contributed by atoms with Crippen LogP contribution in [0.1, 0.15) is 11.3 Å². The average molecular weight is 403 g/mol. The van der Waals surface area contributed by atoms with Crippen LogP contribution in [0.4, 0.5) is 0 Å². The highest BCUT2D eigenvalue weighted by Crippen LogP contribution is 2.35. The maximum absolute atomic E-state index is 5.46. The van der Waals surface area contributed by atoms with E-state index in [0.717, 1.165) is 35.6 Å². The van der Waals surface area contributed by atoms with Crippen molar-refractivity contribution in [3.63, 3.8) is 0 Å². The van der Waals surface area contributed by atoms with Gasteiger partial charge in [-0.15, -0.1) is 0 Å². The highest BCUT2D eigenvalue weighted by Gasteiger charge is 2.16. The Hall–Kier alpha value is -1.82. The van der Waals surface area contributed by atoms with Gasteiger partial charge in [-0.2, -0.15) is 0 Å². The molecular formula is C18H14INO2. The molecule has 110 valence electrons. The van der Waals surface area contributed by atoms with Crippen LogP contribution in [0.5, 0.6) is 11.5 Å². The summed E-state index contributed by atoms with van der Waals surface area (Å²) in [5.41, 5.74) is 3.45. The van der Waals surface area contributed by atoms with Crippen LogP contribution in [-0.2, 0) is 12.8 Å². The number of hydrogen-bond acceptors (Lipinski definition) is 3. The molecule has 0 saturated carbocycles. The number of aryl methyl sites for hydroxylation is 2. The molecule has 0 unspecified atom stereocenters. The first-order valence-corrected chi connectivity index (χ1v) is 8.30. The predicted octanol–water partition coefficient (Wildman–Crippen LogP) is 4.35. The minimum absolute atomic E-state index is 0.321. The minimum Gasteiger partial charge on any atom is -0.454 e. The Balaban J connectivity index is 1.56. The first-order chi connectivity index (χ1) is 10.8. The van der Waals surface area contributed by atoms with Crippen molar-refractivity contribution in [2.45, 2.75) is 12.8 Å². The number of ether oxygens (including phenoxy) is 2. The summed E-state index contributed by atoms with van der Waals surface area (Å²) in [5, 5.41) is 1.18. The highest BCUT2D eigenvalue weighted by atomic mass is 127. The fraction of sp³-hybridized carbons (Fsp3) is 0.167. The SMILES string of the molecule is Ic1cc2c(cc1CCc1ccc3ccccc3n1)OCO2. The molecule has 0 bridgehead atoms. The second-order valence-electron chi connectivity index (χ2n) is 5.29. The van der Waals surface area contributed by atoms with E-state index < -0.39 is 0 Å². The second-order valence-corrected chi connectivity index (χ2v) is 6.45. The summed E-state index contributed by atoms with van der Waals surface area (Å²) < 4.78 is 12.1. The number of aromatic nitrogens is 1. The van der Waals surface area contributed by atoms with Gasteiger partial charge in [0.1, 0.15) is 0 Å². The van der Waals surface area contributed by atoms with Crippen LogP contribution in [0.2, 0.25) is 0 Å². The van der Waals surface area contributed by atoms with Crippen molar-refractivity contribution in [2.75, 3.05) is 6.79 Å². The Morgan fingerprint density at radius 1 is 0.955 bits per heavy atom. The Kier molecular flexibility index (Phi) is 3.62. The molecule has 4 heteroatoms. The molecule has 1 aromatic heterocycles. The van der Waals surface area contributed by atoms with Crippen molar-refractivity contribution in [3.05, 3.63) is 63.4 Å². The molecular weight excluding hydrogens is 389 g/mol. The van der Waals surface area contributed by atoms with Crippen LogP contribution in [0.15, 0.2) is 48.5 Å². The molecule has 0 aliphatic carbocycles. The molecule has 0 fully saturated rings. The minimum atomic E-state index is 0.321. The number of fused-ring (bicyclic) bond motifs is 2. The van der Waals surface area contributed by atoms with Gasteiger partial charge >= 0.3 is 0 Å². The highest BCUT2D eigenvalue weighted by molar-refractivity contribution is 14.1. The van der Waals surface area contributed by atoms with E-state index in [4.69, 9.17) is 14.5 Å². The monoisotopic (exact) mass is 403 g/mol. The third-order valence-electron chi connectivity index (χ3n) is 3.85. The van der Waals surface area contributed by atoms with Crippen molar-refractivity contribution in [1.29, 1.82) is 0 Å². The van der Waals surface area contributed by atoms with Gasteiger partial charge in [-0.25, -0.2) is 0 Å². The van der Waals surface area contributed by atoms with Gasteiger partial charge in [0.15, 0.2) is 11.5 Å². The summed E-state index contributed by atoms with van der Waals surface area (Å²) in [6.45, 7) is 0.321. The number of rotatable bonds is 3. The molecule has 0 radical (unpaired) electrons. The lowest BCUT2D eigenvalue weighted by molar-refractivity contribution is 0.174. The molecule has 0 atom stereocenters. The Morgan fingerprint density at radius 3 is 2.68 bits per heavy atom. The second kappa shape index (κ2) is 5.76. The molecule has 1 aliphatic rings. The zero-order chi connectivity index (χ0) is 14.9. The van der Waals surface area contributed by atoms with Crippen LogP contribution >= 0.6 is 22.6 Å². The van der Waals surface area contributed by atoms with Crippen molar-refractivity contribution in [1.82, 2.24) is 4.98 Å². The maximum atomic E-state index is 5.46. The quantitative estimate of drug-likeness (QED) is 0.610. The summed E-state index contributed by atoms with van der Waals surface area (Å²) >= 11 is 2.35. The lowest BCUT2D eigenvalue weighted by Gasteiger charge is -2.07. The van der Waals surface area contributed by atoms with E-state index in [0.29, 0.717) is 6.79 Å². The van der Waals surface area contributed by atoms with E-state index in [1.807, 2.05) is 18.2 Å². The number of hydrogen-bond donors (Lipinski definition) is 0. The van der Waals surface area contributed by atoms with Crippen LogP contribution in [-0.4, -0.2) is 11.8 Å². The normalized spacial score (nSPS) is 12.8. The van der Waals surface area contributed by atoms with Crippen LogP contribution in [0, 0.1) is 3.57 Å². The summed E-state index contributed by atoms with van der Waals surface area (Å²) in [6, 6.07) is 16.6. The Bertz CT molecular complexity index is 848. The third-order valence-corrected chi connectivity index (χ3v) is 4.85. The van der Waals surface area contributed by atoms with E-state index in [1.54, 1.807) is 0 Å². The zero-order valence-electron chi connectivity index (χ0n) is 11.9. The van der Waals surface area contributed by atoms with Gasteiger partial charge in [-0.05, 0) is 65.3 Å². The predicted molar refractivity (Wildman–Crippen MR) is 94.4 cm³/mol. The van der Waals surface area contributed by atoms with Crippen LogP contribution in [0.3, 0.4) is 0 Å². The van der Waals surface area contributed by atoms with Gasteiger partial charge in [0.2, 0.25) is 6.79 Å². The topological polar surface area (TPSA) is 31.4 Å². The van der Waals surface area contributed by atoms with Gasteiger partial charge in [-0.3, -0.25) is 4.98 Å². The van der Waals surface area contributed by atoms with Crippen LogP contribution < -0.4 is 9.47 Å². The molecule has 2 heterocycles. The molecule has 0 N–H and O–H groups in total. The fourth-order valence-electron chi connectivity index (χ4n) is 2.66. The van der Waals surface area contributed by atoms with E-state index in [-0.39, 0.29) is 0 Å². The first-order valence-electron chi connectivity index (χ1n) is 7.22. The lowest BCUT2D eigenvalue weighted by Crippen LogP contribution is -1.97. The van der Waals surface area contributed by atoms with Crippen molar-refractivity contribution in [3.8, 4) is 11.5 Å². The summed E-state index contributed by atoms with van der Waals surface area (Å²) in [5.74, 6) is 1.69. The lowest BCUT2D eigenvalue weighted by atomic mass is 10.1. The van der Waals surface area contributed by atoms with Crippen molar-refractivity contribution in [2.24, 2.45) is 0 Å². The zero-order valence-corrected chi connectivity index (χ0v) is 14.0. The molecule has 3 nitrogen and oxygen atoms in total. The Morgan fingerprint density at radius 2 is 1.77 bits per heavy atom. The average Bonchev–Trinajstić information content (AvgIpc) is 2.99. The molecule has 22 heavy (non-hydrogen) atoms. The number of benzene rings is 2. The van der Waals surface area contributed by atoms with Gasteiger partial charge in [0.25, 0.3) is 0 Å².